The fourth-order valence-electron chi connectivity index (χ4n) is 0.749. The van der Waals surface area contributed by atoms with Crippen LogP contribution in [0.2, 0.25) is 0 Å². The molecule has 0 saturated carbocycles. The number of ether oxygens (including phenoxy) is 2. The summed E-state index contributed by atoms with van der Waals surface area (Å²) in [5.74, 6) is -1.02. The maximum absolute atomic E-state index is 10.5. The van der Waals surface area contributed by atoms with E-state index in [4.69, 9.17) is 19.7 Å². The Hall–Kier alpha value is -0.650. The molecule has 0 amide bonds. The largest absolute Gasteiger partial charge is 0.479 e. The molecule has 0 saturated heterocycles. The van der Waals surface area contributed by atoms with Gasteiger partial charge in [0, 0.05) is 19.8 Å². The van der Waals surface area contributed by atoms with Crippen LogP contribution < -0.4 is 0 Å². The SMILES string of the molecule is CCOC(COCCCO)C(=O)O. The highest BCUT2D eigenvalue weighted by atomic mass is 16.5. The summed E-state index contributed by atoms with van der Waals surface area (Å²) >= 11 is 0. The van der Waals surface area contributed by atoms with Crippen LogP contribution in [0.15, 0.2) is 0 Å². The topological polar surface area (TPSA) is 76.0 Å². The summed E-state index contributed by atoms with van der Waals surface area (Å²) in [5.41, 5.74) is 0. The van der Waals surface area contributed by atoms with Crippen molar-refractivity contribution in [2.24, 2.45) is 0 Å². The van der Waals surface area contributed by atoms with Gasteiger partial charge in [-0.05, 0) is 13.3 Å². The zero-order valence-corrected chi connectivity index (χ0v) is 7.73. The molecule has 78 valence electrons. The van der Waals surface area contributed by atoms with Gasteiger partial charge in [0.1, 0.15) is 0 Å². The number of rotatable bonds is 8. The molecule has 0 bridgehead atoms. The van der Waals surface area contributed by atoms with Crippen LogP contribution in [-0.2, 0) is 14.3 Å². The molecule has 0 radical (unpaired) electrons. The molecule has 0 rings (SSSR count). The molecule has 0 aliphatic heterocycles. The van der Waals surface area contributed by atoms with Gasteiger partial charge in [0.2, 0.25) is 0 Å². The van der Waals surface area contributed by atoms with E-state index in [1.54, 1.807) is 6.92 Å². The van der Waals surface area contributed by atoms with Crippen molar-refractivity contribution in [2.75, 3.05) is 26.4 Å². The van der Waals surface area contributed by atoms with Gasteiger partial charge in [-0.3, -0.25) is 0 Å². The predicted molar refractivity (Wildman–Crippen MR) is 45.6 cm³/mol. The lowest BCUT2D eigenvalue weighted by Gasteiger charge is -2.12. The third-order valence-electron chi connectivity index (χ3n) is 1.36. The Morgan fingerprint density at radius 1 is 1.54 bits per heavy atom. The van der Waals surface area contributed by atoms with Gasteiger partial charge in [0.05, 0.1) is 6.61 Å². The summed E-state index contributed by atoms with van der Waals surface area (Å²) in [6, 6.07) is 0. The van der Waals surface area contributed by atoms with Gasteiger partial charge in [-0.15, -0.1) is 0 Å². The van der Waals surface area contributed by atoms with Gasteiger partial charge in [0.15, 0.2) is 6.10 Å². The number of carboxylic acid groups (broad SMARTS) is 1. The average molecular weight is 192 g/mol. The van der Waals surface area contributed by atoms with E-state index in [2.05, 4.69) is 0 Å². The van der Waals surface area contributed by atoms with Crippen LogP contribution in [0.3, 0.4) is 0 Å². The molecular formula is C8H16O5. The number of carboxylic acids is 1. The van der Waals surface area contributed by atoms with E-state index in [0.29, 0.717) is 19.6 Å². The Kier molecular flexibility index (Phi) is 7.57. The van der Waals surface area contributed by atoms with Crippen LogP contribution in [-0.4, -0.2) is 48.7 Å². The summed E-state index contributed by atoms with van der Waals surface area (Å²) in [5, 5.41) is 17.0. The lowest BCUT2D eigenvalue weighted by molar-refractivity contribution is -0.154. The lowest BCUT2D eigenvalue weighted by atomic mass is 10.4. The Bertz CT molecular complexity index is 136. The standard InChI is InChI=1S/C8H16O5/c1-2-13-7(8(10)11)6-12-5-3-4-9/h7,9H,2-6H2,1H3,(H,10,11). The van der Waals surface area contributed by atoms with E-state index in [9.17, 15) is 4.79 Å². The second kappa shape index (κ2) is 7.97. The first-order valence-corrected chi connectivity index (χ1v) is 4.25. The zero-order chi connectivity index (χ0) is 10.1. The Morgan fingerprint density at radius 2 is 2.23 bits per heavy atom. The number of aliphatic hydroxyl groups excluding tert-OH is 1. The van der Waals surface area contributed by atoms with E-state index in [1.165, 1.54) is 0 Å². The Balaban J connectivity index is 3.51. The molecule has 5 nitrogen and oxygen atoms in total. The summed E-state index contributed by atoms with van der Waals surface area (Å²) in [7, 11) is 0. The second-order valence-electron chi connectivity index (χ2n) is 2.43. The molecule has 2 N–H and O–H groups in total. The molecule has 0 aromatic heterocycles. The summed E-state index contributed by atoms with van der Waals surface area (Å²) in [4.78, 5) is 10.5. The molecule has 0 aliphatic carbocycles. The van der Waals surface area contributed by atoms with Crippen molar-refractivity contribution < 1.29 is 24.5 Å². The minimum absolute atomic E-state index is 0.0309. The average Bonchev–Trinajstić information content (AvgIpc) is 2.10. The van der Waals surface area contributed by atoms with E-state index < -0.39 is 12.1 Å². The van der Waals surface area contributed by atoms with Crippen molar-refractivity contribution in [3.8, 4) is 0 Å². The highest BCUT2D eigenvalue weighted by Crippen LogP contribution is 1.94. The van der Waals surface area contributed by atoms with E-state index in [1.807, 2.05) is 0 Å². The molecule has 0 spiro atoms. The number of carbonyl (C=O) groups is 1. The lowest BCUT2D eigenvalue weighted by Crippen LogP contribution is -2.29. The van der Waals surface area contributed by atoms with E-state index in [-0.39, 0.29) is 13.2 Å². The molecule has 0 heterocycles. The maximum Gasteiger partial charge on any atom is 0.335 e. The molecular weight excluding hydrogens is 176 g/mol. The van der Waals surface area contributed by atoms with Gasteiger partial charge in [-0.1, -0.05) is 0 Å². The molecule has 1 atom stereocenters. The van der Waals surface area contributed by atoms with Gasteiger partial charge in [0.25, 0.3) is 0 Å². The smallest absolute Gasteiger partial charge is 0.335 e. The van der Waals surface area contributed by atoms with Gasteiger partial charge in [-0.25, -0.2) is 4.79 Å². The quantitative estimate of drug-likeness (QED) is 0.524. The van der Waals surface area contributed by atoms with Crippen LogP contribution in [0.25, 0.3) is 0 Å². The third-order valence-corrected chi connectivity index (χ3v) is 1.36. The maximum atomic E-state index is 10.5. The monoisotopic (exact) mass is 192 g/mol. The molecule has 0 aliphatic rings. The number of aliphatic hydroxyl groups is 1. The minimum atomic E-state index is -1.02. The van der Waals surface area contributed by atoms with Crippen LogP contribution in [0.4, 0.5) is 0 Å². The molecule has 0 aromatic carbocycles. The fraction of sp³-hybridized carbons (Fsp3) is 0.875. The highest BCUT2D eigenvalue weighted by Gasteiger charge is 2.16. The van der Waals surface area contributed by atoms with Crippen molar-refractivity contribution in [1.29, 1.82) is 0 Å². The number of hydrogen-bond donors (Lipinski definition) is 2. The van der Waals surface area contributed by atoms with Crippen molar-refractivity contribution in [3.63, 3.8) is 0 Å². The van der Waals surface area contributed by atoms with E-state index in [0.717, 1.165) is 0 Å². The molecule has 1 unspecified atom stereocenters. The van der Waals surface area contributed by atoms with Crippen molar-refractivity contribution in [2.45, 2.75) is 19.4 Å². The molecule has 13 heavy (non-hydrogen) atoms. The third kappa shape index (κ3) is 6.51. The van der Waals surface area contributed by atoms with Crippen LogP contribution in [0.5, 0.6) is 0 Å². The summed E-state index contributed by atoms with van der Waals surface area (Å²) < 4.78 is 9.88. The summed E-state index contributed by atoms with van der Waals surface area (Å²) in [6.07, 6.45) is -0.387. The van der Waals surface area contributed by atoms with Crippen LogP contribution in [0.1, 0.15) is 13.3 Å². The van der Waals surface area contributed by atoms with Crippen LogP contribution >= 0.6 is 0 Å². The zero-order valence-electron chi connectivity index (χ0n) is 7.73. The van der Waals surface area contributed by atoms with Crippen molar-refractivity contribution in [1.82, 2.24) is 0 Å². The first kappa shape index (κ1) is 12.3. The minimum Gasteiger partial charge on any atom is -0.479 e. The number of hydrogen-bond acceptors (Lipinski definition) is 4. The fourth-order valence-corrected chi connectivity index (χ4v) is 0.749. The Labute approximate surface area is 77.3 Å². The van der Waals surface area contributed by atoms with Crippen molar-refractivity contribution >= 4 is 5.97 Å². The Morgan fingerprint density at radius 3 is 2.69 bits per heavy atom. The van der Waals surface area contributed by atoms with Crippen molar-refractivity contribution in [3.05, 3.63) is 0 Å². The molecule has 0 fully saturated rings. The highest BCUT2D eigenvalue weighted by molar-refractivity contribution is 5.72. The van der Waals surface area contributed by atoms with Gasteiger partial charge >= 0.3 is 5.97 Å². The first-order chi connectivity index (χ1) is 6.22. The van der Waals surface area contributed by atoms with E-state index >= 15 is 0 Å². The molecule has 0 aromatic rings. The predicted octanol–water partition coefficient (Wildman–Crippen LogP) is -0.125. The molecule has 5 heteroatoms. The van der Waals surface area contributed by atoms with Crippen LogP contribution in [0, 0.1) is 0 Å². The second-order valence-corrected chi connectivity index (χ2v) is 2.43. The number of aliphatic carboxylic acids is 1. The van der Waals surface area contributed by atoms with Gasteiger partial charge in [-0.2, -0.15) is 0 Å². The summed E-state index contributed by atoms with van der Waals surface area (Å²) in [6.45, 7) is 2.51. The normalized spacial score (nSPS) is 12.8. The van der Waals surface area contributed by atoms with Gasteiger partial charge < -0.3 is 19.7 Å². The first-order valence-electron chi connectivity index (χ1n) is 4.25.